The second-order valence-electron chi connectivity index (χ2n) is 7.90. The molecule has 0 aliphatic heterocycles. The fourth-order valence-corrected chi connectivity index (χ4v) is 4.11. The smallest absolute Gasteiger partial charge is 0.137 e. The van der Waals surface area contributed by atoms with Gasteiger partial charge in [0, 0.05) is 42.2 Å². The third kappa shape index (κ3) is 2.66. The molecular weight excluding hydrogens is 296 g/mol. The molecule has 1 aliphatic rings. The summed E-state index contributed by atoms with van der Waals surface area (Å²) in [6.45, 7) is 7.00. The molecule has 0 saturated heterocycles. The lowest BCUT2D eigenvalue weighted by Gasteiger charge is -2.32. The fourth-order valence-electron chi connectivity index (χ4n) is 4.11. The lowest BCUT2D eigenvalue weighted by atomic mass is 9.73. The average Bonchev–Trinajstić information content (AvgIpc) is 3.10. The number of aromatic amines is 1. The van der Waals surface area contributed by atoms with Gasteiger partial charge in [-0.05, 0) is 41.4 Å². The van der Waals surface area contributed by atoms with Gasteiger partial charge in [0.2, 0.25) is 0 Å². The maximum Gasteiger partial charge on any atom is 0.137 e. The number of aromatic nitrogens is 4. The van der Waals surface area contributed by atoms with Gasteiger partial charge in [0.1, 0.15) is 5.65 Å². The zero-order valence-corrected chi connectivity index (χ0v) is 14.8. The highest BCUT2D eigenvalue weighted by molar-refractivity contribution is 5.95. The van der Waals surface area contributed by atoms with E-state index < -0.39 is 0 Å². The van der Waals surface area contributed by atoms with E-state index in [1.54, 1.807) is 0 Å². The van der Waals surface area contributed by atoms with Gasteiger partial charge in [-0.25, -0.2) is 4.98 Å². The van der Waals surface area contributed by atoms with Crippen molar-refractivity contribution in [1.82, 2.24) is 19.7 Å². The van der Waals surface area contributed by atoms with E-state index in [1.807, 2.05) is 36.5 Å². The van der Waals surface area contributed by atoms with E-state index in [-0.39, 0.29) is 5.41 Å². The third-order valence-corrected chi connectivity index (χ3v) is 4.93. The lowest BCUT2D eigenvalue weighted by Crippen LogP contribution is -2.18. The van der Waals surface area contributed by atoms with Crippen molar-refractivity contribution in [2.24, 2.45) is 18.4 Å². The normalized spacial score (nSPS) is 20.3. The van der Waals surface area contributed by atoms with E-state index in [4.69, 9.17) is 0 Å². The van der Waals surface area contributed by atoms with E-state index >= 15 is 0 Å². The molecule has 1 aliphatic carbocycles. The standard InChI is InChI=1S/C20H24N4/c1-13-5-14(8-20(2,3)7-13)15-6-17-18(11-22-19(17)21-9-15)16-10-23-24(4)12-16/h6,8-13H,5,7H2,1-4H3,(H,21,22). The Labute approximate surface area is 142 Å². The van der Waals surface area contributed by atoms with Gasteiger partial charge in [-0.3, -0.25) is 4.68 Å². The molecular formula is C20H24N4. The Morgan fingerprint density at radius 2 is 2.08 bits per heavy atom. The van der Waals surface area contributed by atoms with Crippen molar-refractivity contribution in [3.8, 4) is 11.1 Å². The first-order valence-electron chi connectivity index (χ1n) is 8.59. The van der Waals surface area contributed by atoms with Crippen LogP contribution in [0.1, 0.15) is 39.2 Å². The molecule has 4 rings (SSSR count). The number of nitrogens with one attached hydrogen (secondary N) is 1. The highest BCUT2D eigenvalue weighted by Gasteiger charge is 2.26. The quantitative estimate of drug-likeness (QED) is 0.737. The van der Waals surface area contributed by atoms with E-state index in [1.165, 1.54) is 17.6 Å². The van der Waals surface area contributed by atoms with E-state index in [9.17, 15) is 0 Å². The third-order valence-electron chi connectivity index (χ3n) is 4.93. The van der Waals surface area contributed by atoms with Gasteiger partial charge >= 0.3 is 0 Å². The van der Waals surface area contributed by atoms with Crippen molar-refractivity contribution in [3.63, 3.8) is 0 Å². The molecule has 3 aromatic rings. The number of hydrogen-bond acceptors (Lipinski definition) is 2. The molecule has 1 atom stereocenters. The Bertz CT molecular complexity index is 926. The van der Waals surface area contributed by atoms with Crippen LogP contribution in [0, 0.1) is 11.3 Å². The molecule has 124 valence electrons. The molecule has 3 aromatic heterocycles. The van der Waals surface area contributed by atoms with Gasteiger partial charge in [0.25, 0.3) is 0 Å². The van der Waals surface area contributed by atoms with Crippen molar-refractivity contribution in [3.05, 3.63) is 42.5 Å². The van der Waals surface area contributed by atoms with Crippen LogP contribution < -0.4 is 0 Å². The monoisotopic (exact) mass is 320 g/mol. The summed E-state index contributed by atoms with van der Waals surface area (Å²) in [5.41, 5.74) is 6.14. The number of H-pyrrole nitrogens is 1. The SMILES string of the molecule is CC1CC(c2cnc3[nH]cc(-c4cnn(C)c4)c3c2)=CC(C)(C)C1. The van der Waals surface area contributed by atoms with Gasteiger partial charge in [0.05, 0.1) is 6.20 Å². The molecule has 0 fully saturated rings. The first-order chi connectivity index (χ1) is 11.4. The summed E-state index contributed by atoms with van der Waals surface area (Å²) in [4.78, 5) is 7.94. The Kier molecular flexibility index (Phi) is 3.37. The average molecular weight is 320 g/mol. The minimum absolute atomic E-state index is 0.256. The van der Waals surface area contributed by atoms with Crippen LogP contribution in [0.4, 0.5) is 0 Å². The zero-order valence-electron chi connectivity index (χ0n) is 14.8. The summed E-state index contributed by atoms with van der Waals surface area (Å²) in [5.74, 6) is 0.708. The highest BCUT2D eigenvalue weighted by Crippen LogP contribution is 2.41. The number of allylic oxidation sites excluding steroid dienone is 2. The Hall–Kier alpha value is -2.36. The topological polar surface area (TPSA) is 46.5 Å². The van der Waals surface area contributed by atoms with Crippen LogP contribution in [0.2, 0.25) is 0 Å². The molecule has 1 N–H and O–H groups in total. The Balaban J connectivity index is 1.82. The van der Waals surface area contributed by atoms with E-state index in [0.29, 0.717) is 5.92 Å². The molecule has 1 unspecified atom stereocenters. The van der Waals surface area contributed by atoms with Gasteiger partial charge in [-0.2, -0.15) is 5.10 Å². The van der Waals surface area contributed by atoms with Gasteiger partial charge < -0.3 is 4.98 Å². The van der Waals surface area contributed by atoms with E-state index in [2.05, 4.69) is 48.0 Å². The summed E-state index contributed by atoms with van der Waals surface area (Å²) >= 11 is 0. The van der Waals surface area contributed by atoms with Gasteiger partial charge in [0.15, 0.2) is 0 Å². The van der Waals surface area contributed by atoms with Crippen molar-refractivity contribution in [1.29, 1.82) is 0 Å². The highest BCUT2D eigenvalue weighted by atomic mass is 15.2. The largest absolute Gasteiger partial charge is 0.346 e. The maximum absolute atomic E-state index is 4.66. The van der Waals surface area contributed by atoms with Crippen LogP contribution in [0.5, 0.6) is 0 Å². The van der Waals surface area contributed by atoms with Crippen LogP contribution in [-0.4, -0.2) is 19.7 Å². The lowest BCUT2D eigenvalue weighted by molar-refractivity contribution is 0.337. The molecule has 0 radical (unpaired) electrons. The molecule has 4 nitrogen and oxygen atoms in total. The molecule has 0 amide bonds. The predicted octanol–water partition coefficient (Wildman–Crippen LogP) is 4.80. The summed E-state index contributed by atoms with van der Waals surface area (Å²) in [6, 6.07) is 2.28. The predicted molar refractivity (Wildman–Crippen MR) is 98.5 cm³/mol. The number of hydrogen-bond donors (Lipinski definition) is 1. The molecule has 3 heterocycles. The second kappa shape index (κ2) is 5.33. The summed E-state index contributed by atoms with van der Waals surface area (Å²) in [5, 5.41) is 5.46. The zero-order chi connectivity index (χ0) is 16.9. The first-order valence-corrected chi connectivity index (χ1v) is 8.59. The number of pyridine rings is 1. The van der Waals surface area contributed by atoms with Crippen LogP contribution in [0.25, 0.3) is 27.7 Å². The molecule has 0 aromatic carbocycles. The molecule has 0 bridgehead atoms. The van der Waals surface area contributed by atoms with Crippen LogP contribution in [0.3, 0.4) is 0 Å². The van der Waals surface area contributed by atoms with E-state index in [0.717, 1.165) is 28.6 Å². The van der Waals surface area contributed by atoms with Crippen molar-refractivity contribution in [2.75, 3.05) is 0 Å². The van der Waals surface area contributed by atoms with Crippen LogP contribution >= 0.6 is 0 Å². The minimum atomic E-state index is 0.256. The summed E-state index contributed by atoms with van der Waals surface area (Å²) < 4.78 is 1.83. The molecule has 24 heavy (non-hydrogen) atoms. The fraction of sp³-hybridized carbons (Fsp3) is 0.400. The minimum Gasteiger partial charge on any atom is -0.346 e. The van der Waals surface area contributed by atoms with Crippen LogP contribution in [0.15, 0.2) is 36.9 Å². The van der Waals surface area contributed by atoms with Crippen molar-refractivity contribution in [2.45, 2.75) is 33.6 Å². The van der Waals surface area contributed by atoms with Gasteiger partial charge in [-0.1, -0.05) is 26.8 Å². The number of nitrogens with zero attached hydrogens (tertiary/aromatic N) is 3. The first kappa shape index (κ1) is 15.2. The second-order valence-corrected chi connectivity index (χ2v) is 7.90. The molecule has 0 saturated carbocycles. The number of aryl methyl sites for hydroxylation is 1. The molecule has 0 spiro atoms. The summed E-state index contributed by atoms with van der Waals surface area (Å²) in [7, 11) is 1.94. The Morgan fingerprint density at radius 1 is 1.25 bits per heavy atom. The molecule has 4 heteroatoms. The number of rotatable bonds is 2. The maximum atomic E-state index is 4.66. The van der Waals surface area contributed by atoms with Crippen molar-refractivity contribution >= 4 is 16.6 Å². The van der Waals surface area contributed by atoms with Crippen molar-refractivity contribution < 1.29 is 0 Å². The number of fused-ring (bicyclic) bond motifs is 1. The summed E-state index contributed by atoms with van der Waals surface area (Å²) in [6.07, 6.45) is 12.8. The Morgan fingerprint density at radius 3 is 2.79 bits per heavy atom. The van der Waals surface area contributed by atoms with Gasteiger partial charge in [-0.15, -0.1) is 0 Å². The van der Waals surface area contributed by atoms with Crippen LogP contribution in [-0.2, 0) is 7.05 Å².